The molecule has 3 rings (SSSR count). The third kappa shape index (κ3) is 5.24. The van der Waals surface area contributed by atoms with Gasteiger partial charge in [0.25, 0.3) is 0 Å². The van der Waals surface area contributed by atoms with Crippen LogP contribution in [0, 0.1) is 0 Å². The SMILES string of the molecule is CCOC(=O)c1c(-c2ccccc2)csc1NC(=O)C=Cc1ccc(C(C)C)cc1. The first-order valence-electron chi connectivity index (χ1n) is 9.92. The van der Waals surface area contributed by atoms with Crippen LogP contribution < -0.4 is 5.32 Å². The van der Waals surface area contributed by atoms with Crippen molar-refractivity contribution in [1.29, 1.82) is 0 Å². The number of benzene rings is 2. The Labute approximate surface area is 181 Å². The Balaban J connectivity index is 1.80. The molecule has 0 atom stereocenters. The van der Waals surface area contributed by atoms with E-state index in [-0.39, 0.29) is 12.5 Å². The third-order valence-electron chi connectivity index (χ3n) is 4.62. The summed E-state index contributed by atoms with van der Waals surface area (Å²) in [4.78, 5) is 25.1. The number of thiophene rings is 1. The van der Waals surface area contributed by atoms with Gasteiger partial charge in [-0.25, -0.2) is 4.79 Å². The summed E-state index contributed by atoms with van der Waals surface area (Å²) in [6.45, 7) is 6.31. The lowest BCUT2D eigenvalue weighted by molar-refractivity contribution is -0.111. The van der Waals surface area contributed by atoms with Gasteiger partial charge in [0.1, 0.15) is 10.6 Å². The van der Waals surface area contributed by atoms with E-state index >= 15 is 0 Å². The molecular formula is C25H25NO3S. The highest BCUT2D eigenvalue weighted by Crippen LogP contribution is 2.36. The van der Waals surface area contributed by atoms with E-state index in [9.17, 15) is 9.59 Å². The summed E-state index contributed by atoms with van der Waals surface area (Å²) in [5, 5.41) is 5.18. The predicted octanol–water partition coefficient (Wildman–Crippen LogP) is 6.37. The summed E-state index contributed by atoms with van der Waals surface area (Å²) in [6, 6.07) is 17.7. The molecule has 0 radical (unpaired) electrons. The van der Waals surface area contributed by atoms with Crippen LogP contribution in [-0.4, -0.2) is 18.5 Å². The molecule has 4 nitrogen and oxygen atoms in total. The predicted molar refractivity (Wildman–Crippen MR) is 124 cm³/mol. The van der Waals surface area contributed by atoms with E-state index in [0.717, 1.165) is 16.7 Å². The summed E-state index contributed by atoms with van der Waals surface area (Å²) < 4.78 is 5.23. The number of hydrogen-bond donors (Lipinski definition) is 1. The highest BCUT2D eigenvalue weighted by Gasteiger charge is 2.22. The molecule has 0 aliphatic heterocycles. The monoisotopic (exact) mass is 419 g/mol. The summed E-state index contributed by atoms with van der Waals surface area (Å²) >= 11 is 1.31. The largest absolute Gasteiger partial charge is 0.462 e. The second-order valence-electron chi connectivity index (χ2n) is 7.08. The number of anilines is 1. The molecule has 0 fully saturated rings. The molecule has 0 aliphatic rings. The van der Waals surface area contributed by atoms with Crippen LogP contribution in [0.1, 0.15) is 48.2 Å². The van der Waals surface area contributed by atoms with E-state index in [0.29, 0.717) is 16.5 Å². The number of hydrogen-bond acceptors (Lipinski definition) is 4. The molecular weight excluding hydrogens is 394 g/mol. The molecule has 1 N–H and O–H groups in total. The van der Waals surface area contributed by atoms with E-state index in [1.54, 1.807) is 13.0 Å². The van der Waals surface area contributed by atoms with Gasteiger partial charge in [-0.3, -0.25) is 4.79 Å². The smallest absolute Gasteiger partial charge is 0.341 e. The fraction of sp³-hybridized carbons (Fsp3) is 0.200. The molecule has 0 aliphatic carbocycles. The number of rotatable bonds is 7. The number of esters is 1. The van der Waals surface area contributed by atoms with Gasteiger partial charge in [0.05, 0.1) is 6.61 Å². The second-order valence-corrected chi connectivity index (χ2v) is 7.96. The van der Waals surface area contributed by atoms with E-state index < -0.39 is 5.97 Å². The molecule has 1 heterocycles. The topological polar surface area (TPSA) is 55.4 Å². The van der Waals surface area contributed by atoms with Gasteiger partial charge in [-0.05, 0) is 35.6 Å². The number of carbonyl (C=O) groups is 2. The van der Waals surface area contributed by atoms with Crippen molar-refractivity contribution in [1.82, 2.24) is 0 Å². The Morgan fingerprint density at radius 2 is 1.77 bits per heavy atom. The first-order chi connectivity index (χ1) is 14.5. The first kappa shape index (κ1) is 21.5. The van der Waals surface area contributed by atoms with Crippen molar-refractivity contribution in [2.45, 2.75) is 26.7 Å². The third-order valence-corrected chi connectivity index (χ3v) is 5.52. The van der Waals surface area contributed by atoms with Crippen molar-refractivity contribution < 1.29 is 14.3 Å². The fourth-order valence-corrected chi connectivity index (χ4v) is 3.96. The molecule has 0 unspecified atom stereocenters. The van der Waals surface area contributed by atoms with Crippen LogP contribution in [0.5, 0.6) is 0 Å². The summed E-state index contributed by atoms with van der Waals surface area (Å²) in [5.74, 6) is -0.277. The van der Waals surface area contributed by atoms with E-state index in [4.69, 9.17) is 4.74 Å². The van der Waals surface area contributed by atoms with Gasteiger partial charge < -0.3 is 10.1 Å². The molecule has 0 saturated heterocycles. The van der Waals surface area contributed by atoms with Crippen molar-refractivity contribution in [2.24, 2.45) is 0 Å². The van der Waals surface area contributed by atoms with Gasteiger partial charge in [-0.1, -0.05) is 68.4 Å². The average molecular weight is 420 g/mol. The molecule has 30 heavy (non-hydrogen) atoms. The van der Waals surface area contributed by atoms with Crippen molar-refractivity contribution in [2.75, 3.05) is 11.9 Å². The molecule has 1 amide bonds. The maximum atomic E-state index is 12.6. The highest BCUT2D eigenvalue weighted by atomic mass is 32.1. The molecule has 5 heteroatoms. The lowest BCUT2D eigenvalue weighted by atomic mass is 10.0. The average Bonchev–Trinajstić information content (AvgIpc) is 3.17. The Morgan fingerprint density at radius 3 is 2.40 bits per heavy atom. The van der Waals surface area contributed by atoms with Gasteiger partial charge in [0, 0.05) is 17.0 Å². The van der Waals surface area contributed by atoms with Gasteiger partial charge in [-0.15, -0.1) is 11.3 Å². The summed E-state index contributed by atoms with van der Waals surface area (Å²) in [6.07, 6.45) is 3.23. The minimum atomic E-state index is -0.443. The van der Waals surface area contributed by atoms with Crippen molar-refractivity contribution in [3.05, 3.63) is 82.7 Å². The minimum Gasteiger partial charge on any atom is -0.462 e. The molecule has 2 aromatic carbocycles. The molecule has 0 saturated carbocycles. The van der Waals surface area contributed by atoms with Crippen LogP contribution in [0.2, 0.25) is 0 Å². The van der Waals surface area contributed by atoms with Crippen LogP contribution in [0.25, 0.3) is 17.2 Å². The van der Waals surface area contributed by atoms with Gasteiger partial charge in [0.2, 0.25) is 5.91 Å². The molecule has 0 spiro atoms. The zero-order valence-electron chi connectivity index (χ0n) is 17.3. The number of carbonyl (C=O) groups excluding carboxylic acids is 2. The Kier molecular flexibility index (Phi) is 7.20. The van der Waals surface area contributed by atoms with E-state index in [1.165, 1.54) is 23.0 Å². The Morgan fingerprint density at radius 1 is 1.07 bits per heavy atom. The summed E-state index contributed by atoms with van der Waals surface area (Å²) in [5.41, 5.74) is 4.23. The minimum absolute atomic E-state index is 0.266. The Hall–Kier alpha value is -3.18. The van der Waals surface area contributed by atoms with Crippen molar-refractivity contribution in [3.8, 4) is 11.1 Å². The maximum absolute atomic E-state index is 12.6. The molecule has 1 aromatic heterocycles. The maximum Gasteiger partial charge on any atom is 0.341 e. The van der Waals surface area contributed by atoms with Crippen molar-refractivity contribution >= 4 is 34.3 Å². The standard InChI is InChI=1S/C25H25NO3S/c1-4-29-25(28)23-21(20-8-6-5-7-9-20)16-30-24(23)26-22(27)15-12-18-10-13-19(14-11-18)17(2)3/h5-17H,4H2,1-3H3,(H,26,27). The van der Waals surface area contributed by atoms with Gasteiger partial charge in [-0.2, -0.15) is 0 Å². The van der Waals surface area contributed by atoms with Crippen LogP contribution in [-0.2, 0) is 9.53 Å². The van der Waals surface area contributed by atoms with Crippen LogP contribution in [0.15, 0.2) is 66.1 Å². The second kappa shape index (κ2) is 10.0. The fourth-order valence-electron chi connectivity index (χ4n) is 3.00. The van der Waals surface area contributed by atoms with Crippen molar-refractivity contribution in [3.63, 3.8) is 0 Å². The lowest BCUT2D eigenvalue weighted by Crippen LogP contribution is -2.12. The zero-order chi connectivity index (χ0) is 21.5. The summed E-state index contributed by atoms with van der Waals surface area (Å²) in [7, 11) is 0. The van der Waals surface area contributed by atoms with Crippen LogP contribution in [0.4, 0.5) is 5.00 Å². The van der Waals surface area contributed by atoms with Gasteiger partial charge >= 0.3 is 5.97 Å². The highest BCUT2D eigenvalue weighted by molar-refractivity contribution is 7.15. The molecule has 3 aromatic rings. The molecule has 0 bridgehead atoms. The lowest BCUT2D eigenvalue weighted by Gasteiger charge is -2.08. The Bertz CT molecular complexity index is 1030. The zero-order valence-corrected chi connectivity index (χ0v) is 18.2. The number of amides is 1. The number of nitrogens with one attached hydrogen (secondary N) is 1. The quantitative estimate of drug-likeness (QED) is 0.358. The van der Waals surface area contributed by atoms with Crippen LogP contribution in [0.3, 0.4) is 0 Å². The van der Waals surface area contributed by atoms with E-state index in [2.05, 4.69) is 31.3 Å². The normalized spacial score (nSPS) is 11.1. The first-order valence-corrected chi connectivity index (χ1v) is 10.8. The molecule has 154 valence electrons. The van der Waals surface area contributed by atoms with Crippen LogP contribution >= 0.6 is 11.3 Å². The van der Waals surface area contributed by atoms with Gasteiger partial charge in [0.15, 0.2) is 0 Å². The number of ether oxygens (including phenoxy) is 1. The van der Waals surface area contributed by atoms with E-state index in [1.807, 2.05) is 47.8 Å².